The number of hydrogen-bond acceptors (Lipinski definition) is 4. The largest absolute Gasteiger partial charge is 0.315 e. The van der Waals surface area contributed by atoms with Crippen molar-refractivity contribution >= 4 is 37.3 Å². The molecule has 1 aromatic heterocycles. The summed E-state index contributed by atoms with van der Waals surface area (Å²) in [6, 6.07) is 1.71. The molecule has 0 aromatic carbocycles. The topological polar surface area (TPSA) is 58.2 Å². The monoisotopic (exact) mass is 324 g/mol. The van der Waals surface area contributed by atoms with E-state index in [2.05, 4.69) is 26.0 Å². The highest BCUT2D eigenvalue weighted by Gasteiger charge is 2.24. The fraction of sp³-hybridized carbons (Fsp3) is 0.556. The van der Waals surface area contributed by atoms with Crippen molar-refractivity contribution in [2.45, 2.75) is 23.6 Å². The Morgan fingerprint density at radius 3 is 2.88 bits per heavy atom. The van der Waals surface area contributed by atoms with Gasteiger partial charge < -0.3 is 5.32 Å². The number of nitrogens with one attached hydrogen (secondary N) is 2. The summed E-state index contributed by atoms with van der Waals surface area (Å²) in [6.07, 6.45) is 0.852. The van der Waals surface area contributed by atoms with Crippen LogP contribution in [0.3, 0.4) is 0 Å². The fourth-order valence-corrected chi connectivity index (χ4v) is 5.11. The summed E-state index contributed by atoms with van der Waals surface area (Å²) in [5, 5.41) is 3.13. The summed E-state index contributed by atoms with van der Waals surface area (Å²) in [5.41, 5.74) is 0.954. The van der Waals surface area contributed by atoms with Crippen LogP contribution in [0.2, 0.25) is 0 Å². The van der Waals surface area contributed by atoms with Crippen molar-refractivity contribution in [3.8, 4) is 0 Å². The van der Waals surface area contributed by atoms with E-state index in [9.17, 15) is 8.42 Å². The summed E-state index contributed by atoms with van der Waals surface area (Å²) in [4.78, 5) is 0. The van der Waals surface area contributed by atoms with Crippen molar-refractivity contribution in [1.82, 2.24) is 10.0 Å². The molecule has 1 aliphatic heterocycles. The minimum atomic E-state index is -3.35. The van der Waals surface area contributed by atoms with Crippen LogP contribution in [0, 0.1) is 6.92 Å². The predicted octanol–water partition coefficient (Wildman–Crippen LogP) is 1.46. The Morgan fingerprint density at radius 1 is 1.62 bits per heavy atom. The van der Waals surface area contributed by atoms with Gasteiger partial charge in [0.15, 0.2) is 0 Å². The third kappa shape index (κ3) is 2.65. The Kier molecular flexibility index (Phi) is 3.70. The van der Waals surface area contributed by atoms with Gasteiger partial charge in [-0.25, -0.2) is 13.1 Å². The standard InChI is InChI=1S/C9H13BrN2O2S2/c1-6-4-8(15-9(6)10)16(13,14)12-7-2-3-11-5-7/h4,7,11-12H,2-3,5H2,1H3/t7-/m1/s1. The summed E-state index contributed by atoms with van der Waals surface area (Å²) < 4.78 is 28.0. The third-order valence-corrected chi connectivity index (χ3v) is 6.61. The molecular weight excluding hydrogens is 312 g/mol. The normalized spacial score (nSPS) is 21.5. The van der Waals surface area contributed by atoms with Gasteiger partial charge in [-0.15, -0.1) is 11.3 Å². The molecule has 0 spiro atoms. The van der Waals surface area contributed by atoms with Gasteiger partial charge in [0.2, 0.25) is 10.0 Å². The average Bonchev–Trinajstić information content (AvgIpc) is 2.78. The molecule has 1 aromatic rings. The van der Waals surface area contributed by atoms with Gasteiger partial charge in [-0.1, -0.05) is 0 Å². The molecule has 0 amide bonds. The maximum atomic E-state index is 12.0. The minimum absolute atomic E-state index is 0.0196. The quantitative estimate of drug-likeness (QED) is 0.885. The second kappa shape index (κ2) is 4.73. The Bertz CT molecular complexity index is 458. The van der Waals surface area contributed by atoms with Crippen molar-refractivity contribution in [1.29, 1.82) is 0 Å². The fourth-order valence-electron chi connectivity index (χ4n) is 1.60. The highest BCUT2D eigenvalue weighted by Crippen LogP contribution is 2.30. The van der Waals surface area contributed by atoms with Gasteiger partial charge in [0.1, 0.15) is 4.21 Å². The van der Waals surface area contributed by atoms with Crippen LogP contribution in [0.25, 0.3) is 0 Å². The van der Waals surface area contributed by atoms with E-state index in [0.717, 1.165) is 22.3 Å². The van der Waals surface area contributed by atoms with Crippen molar-refractivity contribution in [2.24, 2.45) is 0 Å². The molecule has 90 valence electrons. The third-order valence-electron chi connectivity index (χ3n) is 2.48. The van der Waals surface area contributed by atoms with Crippen LogP contribution < -0.4 is 10.0 Å². The Balaban J connectivity index is 2.18. The summed E-state index contributed by atoms with van der Waals surface area (Å²) in [6.45, 7) is 3.47. The molecular formula is C9H13BrN2O2S2. The molecule has 7 heteroatoms. The molecule has 1 saturated heterocycles. The zero-order valence-electron chi connectivity index (χ0n) is 8.79. The molecule has 0 radical (unpaired) electrons. The van der Waals surface area contributed by atoms with E-state index < -0.39 is 10.0 Å². The van der Waals surface area contributed by atoms with E-state index >= 15 is 0 Å². The van der Waals surface area contributed by atoms with Gasteiger partial charge >= 0.3 is 0 Å². The van der Waals surface area contributed by atoms with Gasteiger partial charge in [-0.2, -0.15) is 0 Å². The molecule has 4 nitrogen and oxygen atoms in total. The number of hydrogen-bond donors (Lipinski definition) is 2. The first-order chi connectivity index (χ1) is 7.49. The van der Waals surface area contributed by atoms with Gasteiger partial charge in [0, 0.05) is 12.6 Å². The average molecular weight is 325 g/mol. The number of sulfonamides is 1. The zero-order valence-corrected chi connectivity index (χ0v) is 12.0. The summed E-state index contributed by atoms with van der Waals surface area (Å²) >= 11 is 4.59. The molecule has 0 bridgehead atoms. The maximum absolute atomic E-state index is 12.0. The first-order valence-corrected chi connectivity index (χ1v) is 8.07. The Labute approximate surface area is 108 Å². The maximum Gasteiger partial charge on any atom is 0.250 e. The lowest BCUT2D eigenvalue weighted by Gasteiger charge is -2.10. The second-order valence-electron chi connectivity index (χ2n) is 3.83. The van der Waals surface area contributed by atoms with Crippen molar-refractivity contribution < 1.29 is 8.42 Å². The molecule has 2 heterocycles. The number of halogens is 1. The van der Waals surface area contributed by atoms with Crippen LogP contribution in [0.15, 0.2) is 14.1 Å². The van der Waals surface area contributed by atoms with E-state index in [1.807, 2.05) is 6.92 Å². The second-order valence-corrected chi connectivity index (χ2v) is 8.14. The lowest BCUT2D eigenvalue weighted by Crippen LogP contribution is -2.35. The van der Waals surface area contributed by atoms with Crippen LogP contribution in [0.5, 0.6) is 0 Å². The predicted molar refractivity (Wildman–Crippen MR) is 68.4 cm³/mol. The van der Waals surface area contributed by atoms with Crippen LogP contribution in [0.4, 0.5) is 0 Å². The van der Waals surface area contributed by atoms with E-state index in [1.54, 1.807) is 6.07 Å². The highest BCUT2D eigenvalue weighted by molar-refractivity contribution is 9.11. The van der Waals surface area contributed by atoms with Gasteiger partial charge in [0.25, 0.3) is 0 Å². The van der Waals surface area contributed by atoms with E-state index in [1.165, 1.54) is 11.3 Å². The molecule has 2 N–H and O–H groups in total. The minimum Gasteiger partial charge on any atom is -0.315 e. The molecule has 2 rings (SSSR count). The number of thiophene rings is 1. The van der Waals surface area contributed by atoms with Crippen molar-refractivity contribution in [3.63, 3.8) is 0 Å². The van der Waals surface area contributed by atoms with E-state index in [4.69, 9.17) is 0 Å². The molecule has 0 unspecified atom stereocenters. The van der Waals surface area contributed by atoms with Crippen LogP contribution in [-0.2, 0) is 10.0 Å². The van der Waals surface area contributed by atoms with Crippen molar-refractivity contribution in [3.05, 3.63) is 15.4 Å². The molecule has 1 aliphatic rings. The molecule has 0 saturated carbocycles. The first kappa shape index (κ1) is 12.5. The lowest BCUT2D eigenvalue weighted by atomic mass is 10.3. The molecule has 0 aliphatic carbocycles. The summed E-state index contributed by atoms with van der Waals surface area (Å²) in [5.74, 6) is 0. The van der Waals surface area contributed by atoms with Crippen LogP contribution in [-0.4, -0.2) is 27.5 Å². The highest BCUT2D eigenvalue weighted by atomic mass is 79.9. The van der Waals surface area contributed by atoms with E-state index in [-0.39, 0.29) is 6.04 Å². The Morgan fingerprint density at radius 2 is 2.38 bits per heavy atom. The number of aryl methyl sites for hydroxylation is 1. The summed E-state index contributed by atoms with van der Waals surface area (Å²) in [7, 11) is -3.35. The van der Waals surface area contributed by atoms with Gasteiger partial charge in [-0.3, -0.25) is 0 Å². The van der Waals surface area contributed by atoms with Crippen LogP contribution in [0.1, 0.15) is 12.0 Å². The van der Waals surface area contributed by atoms with Gasteiger partial charge in [-0.05, 0) is 47.4 Å². The molecule has 1 fully saturated rings. The zero-order chi connectivity index (χ0) is 11.8. The van der Waals surface area contributed by atoms with Gasteiger partial charge in [0.05, 0.1) is 3.79 Å². The SMILES string of the molecule is Cc1cc(S(=O)(=O)N[C@@H]2CCNC2)sc1Br. The number of rotatable bonds is 3. The van der Waals surface area contributed by atoms with E-state index in [0.29, 0.717) is 10.8 Å². The van der Waals surface area contributed by atoms with Crippen LogP contribution >= 0.6 is 27.3 Å². The van der Waals surface area contributed by atoms with Crippen molar-refractivity contribution in [2.75, 3.05) is 13.1 Å². The smallest absolute Gasteiger partial charge is 0.250 e. The molecule has 1 atom stereocenters. The molecule has 16 heavy (non-hydrogen) atoms. The lowest BCUT2D eigenvalue weighted by molar-refractivity contribution is 0.562. The first-order valence-electron chi connectivity index (χ1n) is 4.98. The Hall–Kier alpha value is 0.0500.